The molecule has 0 aromatic heterocycles. The number of fused-ring (bicyclic) bond motifs is 2. The zero-order valence-electron chi connectivity index (χ0n) is 17.1. The third-order valence-corrected chi connectivity index (χ3v) is 7.55. The molecule has 0 saturated carbocycles. The van der Waals surface area contributed by atoms with E-state index >= 15 is 0 Å². The van der Waals surface area contributed by atoms with E-state index in [-0.39, 0.29) is 32.3 Å². The third-order valence-electron chi connectivity index (χ3n) is 5.70. The van der Waals surface area contributed by atoms with Gasteiger partial charge in [0, 0.05) is 41.2 Å². The van der Waals surface area contributed by atoms with Crippen molar-refractivity contribution in [3.05, 3.63) is 83.4 Å². The van der Waals surface area contributed by atoms with E-state index in [9.17, 15) is 18.0 Å². The lowest BCUT2D eigenvalue weighted by Gasteiger charge is -2.28. The predicted molar refractivity (Wildman–Crippen MR) is 119 cm³/mol. The zero-order chi connectivity index (χ0) is 22.3. The first-order valence-corrected chi connectivity index (χ1v) is 11.7. The van der Waals surface area contributed by atoms with Gasteiger partial charge in [-0.3, -0.25) is 9.59 Å². The van der Waals surface area contributed by atoms with Crippen molar-refractivity contribution in [3.63, 3.8) is 0 Å². The predicted octanol–water partition coefficient (Wildman–Crippen LogP) is 3.15. The number of ether oxygens (including phenoxy) is 1. The Morgan fingerprint density at radius 1 is 0.875 bits per heavy atom. The van der Waals surface area contributed by atoms with Gasteiger partial charge in [-0.1, -0.05) is 12.1 Å². The Bertz CT molecular complexity index is 1330. The molecule has 0 aliphatic carbocycles. The van der Waals surface area contributed by atoms with Crippen molar-refractivity contribution in [2.24, 2.45) is 0 Å². The van der Waals surface area contributed by atoms with Crippen molar-refractivity contribution in [3.8, 4) is 0 Å². The lowest BCUT2D eigenvalue weighted by atomic mass is 10.0. The summed E-state index contributed by atoms with van der Waals surface area (Å²) >= 11 is 0. The van der Waals surface area contributed by atoms with Crippen LogP contribution < -0.4 is 10.2 Å². The molecule has 7 nitrogen and oxygen atoms in total. The number of hydrogen-bond donors (Lipinski definition) is 1. The quantitative estimate of drug-likeness (QED) is 0.518. The SMILES string of the molecule is O=C(Nc1ccc(N2CCOCC2)cc1)c1ccc2c(c1)S(=O)(=O)c1ccccc1C2=O. The number of ketones is 1. The van der Waals surface area contributed by atoms with Gasteiger partial charge in [0.25, 0.3) is 5.91 Å². The Hall–Kier alpha value is -3.49. The Balaban J connectivity index is 1.40. The first kappa shape index (κ1) is 20.4. The fourth-order valence-corrected chi connectivity index (χ4v) is 5.68. The molecule has 1 fully saturated rings. The normalized spacial score (nSPS) is 16.8. The average Bonchev–Trinajstić information content (AvgIpc) is 2.83. The van der Waals surface area contributed by atoms with Crippen molar-refractivity contribution < 1.29 is 22.7 Å². The Morgan fingerprint density at radius 2 is 1.56 bits per heavy atom. The highest BCUT2D eigenvalue weighted by Crippen LogP contribution is 2.35. The molecular weight excluding hydrogens is 428 g/mol. The summed E-state index contributed by atoms with van der Waals surface area (Å²) in [6.45, 7) is 3.01. The van der Waals surface area contributed by atoms with Gasteiger partial charge in [-0.25, -0.2) is 8.42 Å². The van der Waals surface area contributed by atoms with E-state index in [1.54, 1.807) is 24.3 Å². The minimum Gasteiger partial charge on any atom is -0.378 e. The second kappa shape index (κ2) is 7.89. The number of carbonyl (C=O) groups is 2. The first-order chi connectivity index (χ1) is 15.4. The van der Waals surface area contributed by atoms with E-state index in [0.29, 0.717) is 18.9 Å². The maximum absolute atomic E-state index is 13.1. The highest BCUT2D eigenvalue weighted by molar-refractivity contribution is 7.91. The molecule has 32 heavy (non-hydrogen) atoms. The number of anilines is 2. The molecule has 2 aliphatic heterocycles. The van der Waals surface area contributed by atoms with Crippen molar-refractivity contribution in [2.75, 3.05) is 36.5 Å². The molecule has 0 spiro atoms. The van der Waals surface area contributed by atoms with E-state index < -0.39 is 15.7 Å². The number of nitrogens with zero attached hydrogens (tertiary/aromatic N) is 1. The number of morpholine rings is 1. The molecule has 1 amide bonds. The molecule has 0 unspecified atom stereocenters. The number of benzene rings is 3. The number of amides is 1. The average molecular weight is 449 g/mol. The largest absolute Gasteiger partial charge is 0.378 e. The van der Waals surface area contributed by atoms with Crippen molar-refractivity contribution in [1.82, 2.24) is 0 Å². The maximum Gasteiger partial charge on any atom is 0.255 e. The van der Waals surface area contributed by atoms with Gasteiger partial charge >= 0.3 is 0 Å². The van der Waals surface area contributed by atoms with E-state index in [0.717, 1.165) is 18.8 Å². The van der Waals surface area contributed by atoms with E-state index in [1.807, 2.05) is 12.1 Å². The number of sulfone groups is 1. The molecule has 162 valence electrons. The van der Waals surface area contributed by atoms with Gasteiger partial charge in [0.2, 0.25) is 9.84 Å². The van der Waals surface area contributed by atoms with E-state index in [4.69, 9.17) is 4.74 Å². The van der Waals surface area contributed by atoms with Crippen molar-refractivity contribution in [1.29, 1.82) is 0 Å². The van der Waals surface area contributed by atoms with Gasteiger partial charge < -0.3 is 15.0 Å². The van der Waals surface area contributed by atoms with Crippen LogP contribution in [0, 0.1) is 0 Å². The molecule has 0 bridgehead atoms. The molecule has 3 aromatic carbocycles. The van der Waals surface area contributed by atoms with Crippen LogP contribution in [0.15, 0.2) is 76.5 Å². The zero-order valence-corrected chi connectivity index (χ0v) is 17.9. The van der Waals surface area contributed by atoms with Crippen LogP contribution in [-0.4, -0.2) is 46.4 Å². The van der Waals surface area contributed by atoms with E-state index in [1.165, 1.54) is 30.3 Å². The highest BCUT2D eigenvalue weighted by atomic mass is 32.2. The van der Waals surface area contributed by atoms with Gasteiger partial charge in [-0.2, -0.15) is 0 Å². The van der Waals surface area contributed by atoms with Crippen LogP contribution in [0.2, 0.25) is 0 Å². The fourth-order valence-electron chi connectivity index (χ4n) is 4.01. The van der Waals surface area contributed by atoms with Crippen LogP contribution in [0.3, 0.4) is 0 Å². The molecule has 1 saturated heterocycles. The number of rotatable bonds is 3. The maximum atomic E-state index is 13.1. The molecule has 1 N–H and O–H groups in total. The second-order valence-corrected chi connectivity index (χ2v) is 9.53. The molecule has 8 heteroatoms. The minimum atomic E-state index is -3.90. The topological polar surface area (TPSA) is 92.8 Å². The number of hydrogen-bond acceptors (Lipinski definition) is 6. The highest BCUT2D eigenvalue weighted by Gasteiger charge is 2.35. The first-order valence-electron chi connectivity index (χ1n) is 10.2. The monoisotopic (exact) mass is 448 g/mol. The summed E-state index contributed by atoms with van der Waals surface area (Å²) in [7, 11) is -3.90. The van der Waals surface area contributed by atoms with E-state index in [2.05, 4.69) is 10.2 Å². The lowest BCUT2D eigenvalue weighted by Crippen LogP contribution is -2.36. The van der Waals surface area contributed by atoms with Gasteiger partial charge in [0.1, 0.15) is 0 Å². The van der Waals surface area contributed by atoms with Crippen LogP contribution in [-0.2, 0) is 14.6 Å². The summed E-state index contributed by atoms with van der Waals surface area (Å²) in [6, 6.07) is 17.7. The number of nitrogens with one attached hydrogen (secondary N) is 1. The van der Waals surface area contributed by atoms with Gasteiger partial charge in [0.05, 0.1) is 23.0 Å². The standard InChI is InChI=1S/C24H20N2O5S/c27-23-19-3-1-2-4-21(19)32(29,30)22-15-16(5-10-20(22)23)24(28)25-17-6-8-18(9-7-17)26-11-13-31-14-12-26/h1-10,15H,11-14H2,(H,25,28). The summed E-state index contributed by atoms with van der Waals surface area (Å²) in [5.41, 5.74) is 2.03. The molecule has 0 atom stereocenters. The Labute approximate surface area is 185 Å². The van der Waals surface area contributed by atoms with Crippen LogP contribution in [0.4, 0.5) is 11.4 Å². The summed E-state index contributed by atoms with van der Waals surface area (Å²) in [6.07, 6.45) is 0. The van der Waals surface area contributed by atoms with Crippen molar-refractivity contribution >= 4 is 32.9 Å². The van der Waals surface area contributed by atoms with Crippen LogP contribution >= 0.6 is 0 Å². The van der Waals surface area contributed by atoms with Crippen molar-refractivity contribution in [2.45, 2.75) is 9.79 Å². The van der Waals surface area contributed by atoms with Crippen LogP contribution in [0.5, 0.6) is 0 Å². The summed E-state index contributed by atoms with van der Waals surface area (Å²) < 4.78 is 31.5. The lowest BCUT2D eigenvalue weighted by molar-refractivity contribution is 0.101. The summed E-state index contributed by atoms with van der Waals surface area (Å²) in [5, 5.41) is 2.79. The third kappa shape index (κ3) is 3.47. The number of carbonyl (C=O) groups excluding carboxylic acids is 2. The fraction of sp³-hybridized carbons (Fsp3) is 0.167. The smallest absolute Gasteiger partial charge is 0.255 e. The summed E-state index contributed by atoms with van der Waals surface area (Å²) in [4.78, 5) is 27.6. The molecule has 0 radical (unpaired) electrons. The second-order valence-electron chi connectivity index (χ2n) is 7.64. The molecule has 3 aromatic rings. The molecular formula is C24H20N2O5S. The summed E-state index contributed by atoms with van der Waals surface area (Å²) in [5.74, 6) is -0.815. The Kier molecular flexibility index (Phi) is 5.03. The van der Waals surface area contributed by atoms with Crippen LogP contribution in [0.25, 0.3) is 0 Å². The van der Waals surface area contributed by atoms with Gasteiger partial charge in [-0.15, -0.1) is 0 Å². The van der Waals surface area contributed by atoms with Gasteiger partial charge in [-0.05, 0) is 54.6 Å². The molecule has 5 rings (SSSR count). The molecule has 2 aliphatic rings. The Morgan fingerprint density at radius 3 is 2.31 bits per heavy atom. The minimum absolute atomic E-state index is 0.0336. The molecule has 2 heterocycles. The van der Waals surface area contributed by atoms with Gasteiger partial charge in [0.15, 0.2) is 5.78 Å². The van der Waals surface area contributed by atoms with Crippen LogP contribution in [0.1, 0.15) is 26.3 Å².